The molecule has 0 N–H and O–H groups in total. The van der Waals surface area contributed by atoms with Crippen LogP contribution in [0.2, 0.25) is 0 Å². The summed E-state index contributed by atoms with van der Waals surface area (Å²) in [6.07, 6.45) is -0.882. The summed E-state index contributed by atoms with van der Waals surface area (Å²) in [7, 11) is 0. The van der Waals surface area contributed by atoms with E-state index in [0.29, 0.717) is 12.8 Å². The molecule has 0 amide bonds. The van der Waals surface area contributed by atoms with Crippen LogP contribution in [0.1, 0.15) is 32.1 Å². The predicted octanol–water partition coefficient (Wildman–Crippen LogP) is 3.93. The van der Waals surface area contributed by atoms with Crippen LogP contribution in [0, 0.1) is 5.41 Å². The summed E-state index contributed by atoms with van der Waals surface area (Å²) in [5.41, 5.74) is -1.36. The molecule has 12 heavy (non-hydrogen) atoms. The van der Waals surface area contributed by atoms with Crippen LogP contribution in [0.4, 0.5) is 13.2 Å². The first-order chi connectivity index (χ1) is 5.52. The van der Waals surface area contributed by atoms with Crippen molar-refractivity contribution in [1.82, 2.24) is 0 Å². The Morgan fingerprint density at radius 3 is 1.83 bits per heavy atom. The zero-order valence-electron chi connectivity index (χ0n) is 6.75. The van der Waals surface area contributed by atoms with Crippen molar-refractivity contribution < 1.29 is 13.2 Å². The van der Waals surface area contributed by atoms with Gasteiger partial charge in [0, 0.05) is 4.43 Å². The molecule has 0 aromatic carbocycles. The Balaban J connectivity index is 2.73. The Kier molecular flexibility index (Phi) is 3.28. The lowest BCUT2D eigenvalue weighted by molar-refractivity contribution is -0.224. The molecule has 0 aliphatic heterocycles. The quantitative estimate of drug-likeness (QED) is 0.507. The summed E-state index contributed by atoms with van der Waals surface area (Å²) in [5, 5.41) is 0. The molecule has 0 radical (unpaired) electrons. The monoisotopic (exact) mass is 292 g/mol. The normalized spacial score (nSPS) is 24.0. The van der Waals surface area contributed by atoms with Crippen LogP contribution >= 0.6 is 22.6 Å². The minimum atomic E-state index is -3.99. The molecule has 0 spiro atoms. The zero-order valence-corrected chi connectivity index (χ0v) is 8.91. The molecule has 0 atom stereocenters. The van der Waals surface area contributed by atoms with E-state index >= 15 is 0 Å². The molecule has 1 aliphatic rings. The van der Waals surface area contributed by atoms with Gasteiger partial charge in [-0.2, -0.15) is 13.2 Å². The van der Waals surface area contributed by atoms with Crippen LogP contribution in [0.3, 0.4) is 0 Å². The molecule has 0 nitrogen and oxygen atoms in total. The molecule has 0 bridgehead atoms. The number of hydrogen-bond donors (Lipinski definition) is 0. The van der Waals surface area contributed by atoms with Crippen LogP contribution in [0.5, 0.6) is 0 Å². The van der Waals surface area contributed by atoms with Gasteiger partial charge in [0.2, 0.25) is 0 Å². The molecular weight excluding hydrogens is 280 g/mol. The van der Waals surface area contributed by atoms with E-state index in [1.54, 1.807) is 0 Å². The van der Waals surface area contributed by atoms with E-state index in [0.717, 1.165) is 19.3 Å². The minimum absolute atomic E-state index is 0.217. The first-order valence-electron chi connectivity index (χ1n) is 4.14. The summed E-state index contributed by atoms with van der Waals surface area (Å²) in [6.45, 7) is 0. The average Bonchev–Trinajstić information content (AvgIpc) is 2.04. The Labute approximate surface area is 84.0 Å². The van der Waals surface area contributed by atoms with Crippen LogP contribution in [0.15, 0.2) is 0 Å². The van der Waals surface area contributed by atoms with E-state index in [1.807, 2.05) is 22.6 Å². The van der Waals surface area contributed by atoms with Gasteiger partial charge in [0.05, 0.1) is 5.41 Å². The Morgan fingerprint density at radius 1 is 1.08 bits per heavy atom. The lowest BCUT2D eigenvalue weighted by Gasteiger charge is -2.37. The standard InChI is InChI=1S/C8H12F3I/c9-8(10,11)7(6-12)4-2-1-3-5-7/h1-6H2. The van der Waals surface area contributed by atoms with Crippen molar-refractivity contribution in [1.29, 1.82) is 0 Å². The maximum absolute atomic E-state index is 12.6. The lowest BCUT2D eigenvalue weighted by atomic mass is 9.75. The summed E-state index contributed by atoms with van der Waals surface area (Å²) in [6, 6.07) is 0. The summed E-state index contributed by atoms with van der Waals surface area (Å²) in [5.74, 6) is 0. The number of rotatable bonds is 1. The van der Waals surface area contributed by atoms with Crippen molar-refractivity contribution in [3.63, 3.8) is 0 Å². The molecule has 4 heteroatoms. The summed E-state index contributed by atoms with van der Waals surface area (Å²) >= 11 is 1.86. The average molecular weight is 292 g/mol. The SMILES string of the molecule is FC(F)(F)C1(CI)CCCCC1. The molecule has 0 unspecified atom stereocenters. The summed E-state index contributed by atoms with van der Waals surface area (Å²) < 4.78 is 38.0. The molecular formula is C8H12F3I. The Morgan fingerprint density at radius 2 is 1.58 bits per heavy atom. The number of halogens is 4. The van der Waals surface area contributed by atoms with E-state index in [9.17, 15) is 13.2 Å². The van der Waals surface area contributed by atoms with Gasteiger partial charge >= 0.3 is 6.18 Å². The highest BCUT2D eigenvalue weighted by molar-refractivity contribution is 14.1. The third kappa shape index (κ3) is 1.88. The third-order valence-corrected chi connectivity index (χ3v) is 4.13. The molecule has 72 valence electrons. The highest BCUT2D eigenvalue weighted by Crippen LogP contribution is 2.49. The van der Waals surface area contributed by atoms with Crippen molar-refractivity contribution >= 4 is 22.6 Å². The van der Waals surface area contributed by atoms with Gasteiger partial charge in [-0.15, -0.1) is 0 Å². The highest BCUT2D eigenvalue weighted by Gasteiger charge is 2.53. The topological polar surface area (TPSA) is 0 Å². The van der Waals surface area contributed by atoms with E-state index in [-0.39, 0.29) is 4.43 Å². The largest absolute Gasteiger partial charge is 0.395 e. The second-order valence-electron chi connectivity index (χ2n) is 3.47. The molecule has 1 fully saturated rings. The number of alkyl halides is 4. The van der Waals surface area contributed by atoms with Crippen LogP contribution in [-0.2, 0) is 0 Å². The second-order valence-corrected chi connectivity index (χ2v) is 4.24. The maximum atomic E-state index is 12.6. The predicted molar refractivity (Wildman–Crippen MR) is 50.5 cm³/mol. The van der Waals surface area contributed by atoms with Crippen molar-refractivity contribution in [3.05, 3.63) is 0 Å². The number of hydrogen-bond acceptors (Lipinski definition) is 0. The molecule has 0 heterocycles. The van der Waals surface area contributed by atoms with Gasteiger partial charge in [0.25, 0.3) is 0 Å². The van der Waals surface area contributed by atoms with Crippen molar-refractivity contribution in [3.8, 4) is 0 Å². The fraction of sp³-hybridized carbons (Fsp3) is 1.00. The van der Waals surface area contributed by atoms with Gasteiger partial charge in [-0.25, -0.2) is 0 Å². The van der Waals surface area contributed by atoms with E-state index in [1.165, 1.54) is 0 Å². The summed E-state index contributed by atoms with van der Waals surface area (Å²) in [4.78, 5) is 0. The van der Waals surface area contributed by atoms with Gasteiger partial charge < -0.3 is 0 Å². The smallest absolute Gasteiger partial charge is 0.170 e. The van der Waals surface area contributed by atoms with E-state index in [4.69, 9.17) is 0 Å². The molecule has 0 aromatic rings. The van der Waals surface area contributed by atoms with Gasteiger partial charge in [-0.1, -0.05) is 41.9 Å². The zero-order chi connectivity index (χ0) is 9.24. The molecule has 1 rings (SSSR count). The minimum Gasteiger partial charge on any atom is -0.170 e. The fourth-order valence-electron chi connectivity index (χ4n) is 1.72. The molecule has 0 saturated heterocycles. The van der Waals surface area contributed by atoms with Crippen LogP contribution in [0.25, 0.3) is 0 Å². The maximum Gasteiger partial charge on any atom is 0.395 e. The molecule has 1 aliphatic carbocycles. The highest BCUT2D eigenvalue weighted by atomic mass is 127. The second kappa shape index (κ2) is 3.72. The lowest BCUT2D eigenvalue weighted by Crippen LogP contribution is -2.41. The molecule has 0 aromatic heterocycles. The fourth-order valence-corrected chi connectivity index (χ4v) is 2.92. The Hall–Kier alpha value is 0.520. The first-order valence-corrected chi connectivity index (χ1v) is 5.67. The molecule has 1 saturated carbocycles. The van der Waals surface area contributed by atoms with Gasteiger partial charge in [0.15, 0.2) is 0 Å². The van der Waals surface area contributed by atoms with E-state index in [2.05, 4.69) is 0 Å². The third-order valence-electron chi connectivity index (χ3n) is 2.67. The van der Waals surface area contributed by atoms with Crippen molar-refractivity contribution in [2.45, 2.75) is 38.3 Å². The first kappa shape index (κ1) is 10.6. The van der Waals surface area contributed by atoms with E-state index < -0.39 is 11.6 Å². The van der Waals surface area contributed by atoms with Crippen molar-refractivity contribution in [2.75, 3.05) is 4.43 Å². The van der Waals surface area contributed by atoms with Crippen LogP contribution < -0.4 is 0 Å². The van der Waals surface area contributed by atoms with Gasteiger partial charge in [0.1, 0.15) is 0 Å². The van der Waals surface area contributed by atoms with Crippen molar-refractivity contribution in [2.24, 2.45) is 5.41 Å². The van der Waals surface area contributed by atoms with Gasteiger partial charge in [-0.05, 0) is 12.8 Å². The Bertz CT molecular complexity index is 147. The van der Waals surface area contributed by atoms with Gasteiger partial charge in [-0.3, -0.25) is 0 Å². The van der Waals surface area contributed by atoms with Crippen LogP contribution in [-0.4, -0.2) is 10.6 Å².